The third kappa shape index (κ3) is 5.83. The van der Waals surface area contributed by atoms with Gasteiger partial charge in [-0.1, -0.05) is 12.1 Å². The maximum Gasteiger partial charge on any atom is 0.408 e. The summed E-state index contributed by atoms with van der Waals surface area (Å²) in [6.07, 6.45) is -0.485. The van der Waals surface area contributed by atoms with Gasteiger partial charge in [-0.25, -0.2) is 9.59 Å². The predicted molar refractivity (Wildman–Crippen MR) is 80.0 cm³/mol. The number of alkyl carbamates (subject to hydrolysis) is 1. The third-order valence-electron chi connectivity index (χ3n) is 2.67. The number of nitriles is 1. The molecule has 0 aliphatic heterocycles. The fourth-order valence-corrected chi connectivity index (χ4v) is 1.79. The number of carbonyl (C=O) groups excluding carboxylic acids is 2. The van der Waals surface area contributed by atoms with E-state index < -0.39 is 23.7 Å². The summed E-state index contributed by atoms with van der Waals surface area (Å²) in [6, 6.07) is 7.96. The van der Waals surface area contributed by atoms with Gasteiger partial charge in [-0.05, 0) is 38.5 Å². The van der Waals surface area contributed by atoms with Crippen LogP contribution in [0.1, 0.15) is 31.9 Å². The zero-order valence-corrected chi connectivity index (χ0v) is 13.2. The van der Waals surface area contributed by atoms with Crippen molar-refractivity contribution in [1.29, 1.82) is 5.26 Å². The molecule has 118 valence electrons. The van der Waals surface area contributed by atoms with E-state index >= 15 is 0 Å². The Labute approximate surface area is 130 Å². The quantitative estimate of drug-likeness (QED) is 0.861. The van der Waals surface area contributed by atoms with E-state index in [0.717, 1.165) is 5.56 Å². The minimum Gasteiger partial charge on any atom is -0.467 e. The zero-order chi connectivity index (χ0) is 16.8. The van der Waals surface area contributed by atoms with E-state index in [0.29, 0.717) is 5.56 Å². The second kappa shape index (κ2) is 7.46. The fourth-order valence-electron chi connectivity index (χ4n) is 1.79. The molecule has 0 radical (unpaired) electrons. The standard InChI is InChI=1S/C16H20N2O4/c1-16(2,3)22-15(20)18-13(14(19)21-4)9-11-6-5-7-12(8-11)10-17/h5-8,13H,9H2,1-4H3,(H,18,20)/t13-/m0/s1. The highest BCUT2D eigenvalue weighted by Crippen LogP contribution is 2.10. The van der Waals surface area contributed by atoms with Crippen LogP contribution in [-0.4, -0.2) is 30.8 Å². The van der Waals surface area contributed by atoms with Crippen LogP contribution in [0.4, 0.5) is 4.79 Å². The van der Waals surface area contributed by atoms with E-state index in [1.54, 1.807) is 45.0 Å². The number of rotatable bonds is 4. The number of nitrogens with one attached hydrogen (secondary N) is 1. The van der Waals surface area contributed by atoms with E-state index in [2.05, 4.69) is 5.32 Å². The minimum absolute atomic E-state index is 0.210. The summed E-state index contributed by atoms with van der Waals surface area (Å²) in [7, 11) is 1.25. The lowest BCUT2D eigenvalue weighted by Gasteiger charge is -2.22. The van der Waals surface area contributed by atoms with Crippen molar-refractivity contribution in [3.63, 3.8) is 0 Å². The number of methoxy groups -OCH3 is 1. The predicted octanol–water partition coefficient (Wildman–Crippen LogP) is 2.17. The van der Waals surface area contributed by atoms with Crippen molar-refractivity contribution in [2.24, 2.45) is 0 Å². The summed E-state index contributed by atoms with van der Waals surface area (Å²) in [4.78, 5) is 23.6. The molecule has 0 spiro atoms. The molecule has 22 heavy (non-hydrogen) atoms. The molecule has 6 nitrogen and oxygen atoms in total. The molecule has 0 bridgehead atoms. The molecule has 0 saturated carbocycles. The van der Waals surface area contributed by atoms with Gasteiger partial charge in [0, 0.05) is 6.42 Å². The van der Waals surface area contributed by atoms with Crippen molar-refractivity contribution in [1.82, 2.24) is 5.32 Å². The largest absolute Gasteiger partial charge is 0.467 e. The van der Waals surface area contributed by atoms with Crippen LogP contribution in [0.15, 0.2) is 24.3 Å². The first kappa shape index (κ1) is 17.5. The van der Waals surface area contributed by atoms with Crippen molar-refractivity contribution in [3.8, 4) is 6.07 Å². The Morgan fingerprint density at radius 2 is 2.05 bits per heavy atom. The molecule has 0 fully saturated rings. The van der Waals surface area contributed by atoms with Gasteiger partial charge >= 0.3 is 12.1 Å². The highest BCUT2D eigenvalue weighted by molar-refractivity contribution is 5.81. The van der Waals surface area contributed by atoms with Gasteiger partial charge in [0.2, 0.25) is 0 Å². The molecule has 0 aliphatic rings. The van der Waals surface area contributed by atoms with Crippen molar-refractivity contribution < 1.29 is 19.1 Å². The lowest BCUT2D eigenvalue weighted by molar-refractivity contribution is -0.143. The molecule has 1 N–H and O–H groups in total. The molecule has 0 saturated heterocycles. The minimum atomic E-state index is -0.881. The Kier molecular flexibility index (Phi) is 5.93. The fraction of sp³-hybridized carbons (Fsp3) is 0.438. The van der Waals surface area contributed by atoms with Gasteiger partial charge in [-0.15, -0.1) is 0 Å². The SMILES string of the molecule is COC(=O)[C@H](Cc1cccc(C#N)c1)NC(=O)OC(C)(C)C. The number of esters is 1. The average Bonchev–Trinajstić information content (AvgIpc) is 2.44. The van der Waals surface area contributed by atoms with Crippen molar-refractivity contribution in [2.75, 3.05) is 7.11 Å². The molecule has 1 amide bonds. The Bertz CT molecular complexity index is 585. The molecule has 1 aromatic carbocycles. The highest BCUT2D eigenvalue weighted by atomic mass is 16.6. The van der Waals surface area contributed by atoms with Gasteiger partial charge < -0.3 is 14.8 Å². The lowest BCUT2D eigenvalue weighted by Crippen LogP contribution is -2.45. The number of carbonyl (C=O) groups is 2. The van der Waals surface area contributed by atoms with Crippen LogP contribution >= 0.6 is 0 Å². The van der Waals surface area contributed by atoms with Crippen LogP contribution in [0.2, 0.25) is 0 Å². The van der Waals surface area contributed by atoms with E-state index in [-0.39, 0.29) is 6.42 Å². The third-order valence-corrected chi connectivity index (χ3v) is 2.67. The van der Waals surface area contributed by atoms with Gasteiger partial charge in [0.25, 0.3) is 0 Å². The Morgan fingerprint density at radius 3 is 2.59 bits per heavy atom. The molecule has 1 aromatic rings. The Balaban J connectivity index is 2.83. The topological polar surface area (TPSA) is 88.4 Å². The number of nitrogens with zero attached hydrogens (tertiary/aromatic N) is 1. The second-order valence-corrected chi connectivity index (χ2v) is 5.74. The molecule has 0 heterocycles. The first-order chi connectivity index (χ1) is 10.2. The van der Waals surface area contributed by atoms with E-state index in [4.69, 9.17) is 14.7 Å². The molecule has 0 aliphatic carbocycles. The second-order valence-electron chi connectivity index (χ2n) is 5.74. The maximum atomic E-state index is 11.8. The van der Waals surface area contributed by atoms with Crippen LogP contribution < -0.4 is 5.32 Å². The maximum absolute atomic E-state index is 11.8. The summed E-state index contributed by atoms with van der Waals surface area (Å²) < 4.78 is 9.83. The van der Waals surface area contributed by atoms with Crippen LogP contribution in [0.3, 0.4) is 0 Å². The van der Waals surface area contributed by atoms with Crippen molar-refractivity contribution >= 4 is 12.1 Å². The van der Waals surface area contributed by atoms with Gasteiger partial charge in [0.05, 0.1) is 18.7 Å². The van der Waals surface area contributed by atoms with Crippen LogP contribution in [0.25, 0.3) is 0 Å². The van der Waals surface area contributed by atoms with Crippen molar-refractivity contribution in [2.45, 2.75) is 38.8 Å². The highest BCUT2D eigenvalue weighted by Gasteiger charge is 2.25. The molecule has 1 atom stereocenters. The number of benzene rings is 1. The van der Waals surface area contributed by atoms with Gasteiger partial charge in [0.1, 0.15) is 11.6 Å². The van der Waals surface area contributed by atoms with Crippen molar-refractivity contribution in [3.05, 3.63) is 35.4 Å². The number of amides is 1. The van der Waals surface area contributed by atoms with Crippen LogP contribution in [0.5, 0.6) is 0 Å². The van der Waals surface area contributed by atoms with E-state index in [1.165, 1.54) is 7.11 Å². The first-order valence-corrected chi connectivity index (χ1v) is 6.81. The molecule has 1 rings (SSSR count). The van der Waals surface area contributed by atoms with Gasteiger partial charge in [0.15, 0.2) is 0 Å². The summed E-state index contributed by atoms with van der Waals surface area (Å²) in [5, 5.41) is 11.4. The van der Waals surface area contributed by atoms with Gasteiger partial charge in [-0.3, -0.25) is 0 Å². The normalized spacial score (nSPS) is 12.0. The smallest absolute Gasteiger partial charge is 0.408 e. The molecule has 6 heteroatoms. The monoisotopic (exact) mass is 304 g/mol. The summed E-state index contributed by atoms with van der Waals surface area (Å²) in [6.45, 7) is 5.20. The molecule has 0 aromatic heterocycles. The van der Waals surface area contributed by atoms with Gasteiger partial charge in [-0.2, -0.15) is 5.26 Å². The number of hydrogen-bond acceptors (Lipinski definition) is 5. The Hall–Kier alpha value is -2.55. The molecular formula is C16H20N2O4. The summed E-state index contributed by atoms with van der Waals surface area (Å²) in [5.74, 6) is -0.576. The zero-order valence-electron chi connectivity index (χ0n) is 13.2. The number of ether oxygens (including phenoxy) is 2. The Morgan fingerprint density at radius 1 is 1.36 bits per heavy atom. The average molecular weight is 304 g/mol. The lowest BCUT2D eigenvalue weighted by atomic mass is 10.0. The first-order valence-electron chi connectivity index (χ1n) is 6.81. The van der Waals surface area contributed by atoms with Crippen LogP contribution in [0, 0.1) is 11.3 Å². The number of hydrogen-bond donors (Lipinski definition) is 1. The summed E-state index contributed by atoms with van der Waals surface area (Å²) in [5.41, 5.74) is 0.565. The van der Waals surface area contributed by atoms with E-state index in [1.807, 2.05) is 6.07 Å². The molecule has 0 unspecified atom stereocenters. The van der Waals surface area contributed by atoms with E-state index in [9.17, 15) is 9.59 Å². The van der Waals surface area contributed by atoms with Crippen LogP contribution in [-0.2, 0) is 20.7 Å². The summed E-state index contributed by atoms with van der Waals surface area (Å²) >= 11 is 0. The molecular weight excluding hydrogens is 284 g/mol.